The Morgan fingerprint density at radius 2 is 2.00 bits per heavy atom. The van der Waals surface area contributed by atoms with E-state index < -0.39 is 0 Å². The monoisotopic (exact) mass is 314 g/mol. The van der Waals surface area contributed by atoms with E-state index >= 15 is 0 Å². The van der Waals surface area contributed by atoms with E-state index in [1.165, 1.54) is 24.8 Å². The van der Waals surface area contributed by atoms with Crippen molar-refractivity contribution in [3.8, 4) is 0 Å². The van der Waals surface area contributed by atoms with E-state index in [1.54, 1.807) is 5.57 Å². The second kappa shape index (κ2) is 5.05. The molecule has 0 aromatic rings. The van der Waals surface area contributed by atoms with Crippen molar-refractivity contribution in [1.29, 1.82) is 0 Å². The molecular weight excluding hydrogens is 284 g/mol. The van der Waals surface area contributed by atoms with E-state index in [9.17, 15) is 9.90 Å². The zero-order chi connectivity index (χ0) is 16.4. The summed E-state index contributed by atoms with van der Waals surface area (Å²) in [4.78, 5) is 11.8. The fourth-order valence-electron chi connectivity index (χ4n) is 6.69. The number of aliphatic hydroxyl groups excluding tert-OH is 1. The van der Waals surface area contributed by atoms with Gasteiger partial charge in [-0.25, -0.2) is 0 Å². The normalized spacial score (nSPS) is 47.1. The molecule has 0 aromatic heterocycles. The minimum Gasteiger partial charge on any atom is -0.393 e. The molecule has 4 aliphatic carbocycles. The fraction of sp³-hybridized carbons (Fsp3) is 0.762. The predicted molar refractivity (Wildman–Crippen MR) is 91.9 cm³/mol. The number of carbonyl (C=O) groups is 1. The maximum absolute atomic E-state index is 11.8. The molecule has 2 fully saturated rings. The minimum atomic E-state index is -0.193. The third-order valence-corrected chi connectivity index (χ3v) is 7.99. The van der Waals surface area contributed by atoms with Crippen molar-refractivity contribution in [3.63, 3.8) is 0 Å². The van der Waals surface area contributed by atoms with Crippen LogP contribution in [0.15, 0.2) is 23.3 Å². The smallest absolute Gasteiger partial charge is 0.155 e. The number of allylic oxidation sites excluding steroid dienone is 4. The Balaban J connectivity index is 1.73. The van der Waals surface area contributed by atoms with Crippen LogP contribution in [-0.4, -0.2) is 17.0 Å². The molecule has 2 heteroatoms. The molecule has 1 N–H and O–H groups in total. The van der Waals surface area contributed by atoms with Gasteiger partial charge in [0, 0.05) is 11.8 Å². The molecule has 4 rings (SSSR count). The first-order valence-electron chi connectivity index (χ1n) is 9.49. The lowest BCUT2D eigenvalue weighted by atomic mass is 9.51. The van der Waals surface area contributed by atoms with Crippen LogP contribution in [0.25, 0.3) is 0 Å². The highest BCUT2D eigenvalue weighted by Crippen LogP contribution is 2.64. The average Bonchev–Trinajstić information content (AvgIpc) is 2.85. The Morgan fingerprint density at radius 3 is 2.74 bits per heavy atom. The fourth-order valence-corrected chi connectivity index (χ4v) is 6.69. The van der Waals surface area contributed by atoms with Gasteiger partial charge in [0.1, 0.15) is 0 Å². The van der Waals surface area contributed by atoms with Crippen LogP contribution in [0.1, 0.15) is 65.7 Å². The Bertz CT molecular complexity index is 599. The summed E-state index contributed by atoms with van der Waals surface area (Å²) in [6.45, 7) is 6.79. The van der Waals surface area contributed by atoms with E-state index in [0.29, 0.717) is 24.0 Å². The van der Waals surface area contributed by atoms with Crippen molar-refractivity contribution in [2.45, 2.75) is 71.8 Å². The van der Waals surface area contributed by atoms with E-state index in [-0.39, 0.29) is 16.9 Å². The van der Waals surface area contributed by atoms with Crippen molar-refractivity contribution in [1.82, 2.24) is 0 Å². The first kappa shape index (κ1) is 15.6. The molecule has 0 heterocycles. The highest BCUT2D eigenvalue weighted by Gasteiger charge is 2.56. The number of rotatable bonds is 1. The number of hydrogen-bond donors (Lipinski definition) is 1. The zero-order valence-corrected chi connectivity index (χ0v) is 14.8. The van der Waals surface area contributed by atoms with Crippen LogP contribution in [0.5, 0.6) is 0 Å². The van der Waals surface area contributed by atoms with Crippen molar-refractivity contribution in [3.05, 3.63) is 23.3 Å². The van der Waals surface area contributed by atoms with Gasteiger partial charge < -0.3 is 5.11 Å². The molecule has 0 spiro atoms. The number of ketones is 1. The third kappa shape index (κ3) is 2.06. The Labute approximate surface area is 140 Å². The van der Waals surface area contributed by atoms with Gasteiger partial charge in [-0.05, 0) is 74.7 Å². The number of carbonyl (C=O) groups excluding carboxylic acids is 1. The van der Waals surface area contributed by atoms with Crippen molar-refractivity contribution >= 4 is 5.78 Å². The summed E-state index contributed by atoms with van der Waals surface area (Å²) >= 11 is 0. The highest BCUT2D eigenvalue weighted by molar-refractivity contribution is 5.92. The van der Waals surface area contributed by atoms with Gasteiger partial charge in [0.25, 0.3) is 0 Å². The molecule has 126 valence electrons. The average molecular weight is 314 g/mol. The number of hydrogen-bond acceptors (Lipinski definition) is 2. The standard InChI is InChI=1S/C21H30O2/c1-13(22)17-6-7-18-16-5-4-14-12-15(23)8-10-20(14,2)19(16)9-11-21(17,18)3/h9,12-13,16-18,22H,4-8,10-11H2,1-3H3/t13-,16-,17-,18+,20-,21-/m0/s1. The topological polar surface area (TPSA) is 37.3 Å². The van der Waals surface area contributed by atoms with Gasteiger partial charge in [0.15, 0.2) is 5.78 Å². The lowest BCUT2D eigenvalue weighted by Gasteiger charge is -2.53. The Morgan fingerprint density at radius 1 is 1.22 bits per heavy atom. The molecule has 0 unspecified atom stereocenters. The molecule has 4 aliphatic rings. The molecule has 23 heavy (non-hydrogen) atoms. The SMILES string of the molecule is C[C@H](O)[C@@H]1CC[C@@H]2[C@@H]3CCC4=CC(=O)CC[C@]4(C)C3=CC[C@]21C. The number of fused-ring (bicyclic) bond motifs is 5. The van der Waals surface area contributed by atoms with Crippen molar-refractivity contribution in [2.75, 3.05) is 0 Å². The van der Waals surface area contributed by atoms with Gasteiger partial charge in [0.2, 0.25) is 0 Å². The zero-order valence-electron chi connectivity index (χ0n) is 14.8. The van der Waals surface area contributed by atoms with E-state index in [2.05, 4.69) is 19.9 Å². The van der Waals surface area contributed by atoms with Crippen LogP contribution >= 0.6 is 0 Å². The summed E-state index contributed by atoms with van der Waals surface area (Å²) in [6.07, 6.45) is 11.8. The van der Waals surface area contributed by atoms with Crippen LogP contribution in [0.4, 0.5) is 0 Å². The van der Waals surface area contributed by atoms with Crippen LogP contribution in [0, 0.1) is 28.6 Å². The summed E-state index contributed by atoms with van der Waals surface area (Å²) < 4.78 is 0. The van der Waals surface area contributed by atoms with Crippen LogP contribution in [-0.2, 0) is 4.79 Å². The predicted octanol–water partition coefficient (Wildman–Crippen LogP) is 4.44. The van der Waals surface area contributed by atoms with Gasteiger partial charge in [-0.1, -0.05) is 31.1 Å². The molecule has 2 nitrogen and oxygen atoms in total. The Kier molecular flexibility index (Phi) is 3.43. The second-order valence-corrected chi connectivity index (χ2v) is 9.01. The maximum Gasteiger partial charge on any atom is 0.155 e. The first-order chi connectivity index (χ1) is 10.9. The summed E-state index contributed by atoms with van der Waals surface area (Å²) in [5.74, 6) is 2.17. The Hall–Kier alpha value is -0.890. The molecule has 6 atom stereocenters. The molecule has 0 amide bonds. The minimum absolute atomic E-state index is 0.140. The second-order valence-electron chi connectivity index (χ2n) is 9.01. The van der Waals surface area contributed by atoms with Crippen LogP contribution < -0.4 is 0 Å². The molecule has 0 bridgehead atoms. The van der Waals surface area contributed by atoms with Gasteiger partial charge in [0.05, 0.1) is 6.10 Å². The van der Waals surface area contributed by atoms with Crippen molar-refractivity contribution in [2.24, 2.45) is 28.6 Å². The maximum atomic E-state index is 11.8. The molecule has 2 saturated carbocycles. The van der Waals surface area contributed by atoms with Gasteiger partial charge in [-0.3, -0.25) is 4.79 Å². The van der Waals surface area contributed by atoms with Crippen LogP contribution in [0.2, 0.25) is 0 Å². The lowest BCUT2D eigenvalue weighted by molar-refractivity contribution is -0.115. The lowest BCUT2D eigenvalue weighted by Crippen LogP contribution is -2.45. The van der Waals surface area contributed by atoms with E-state index in [1.807, 2.05) is 13.0 Å². The molecule has 0 aliphatic heterocycles. The molecular formula is C21H30O2. The third-order valence-electron chi connectivity index (χ3n) is 7.99. The first-order valence-corrected chi connectivity index (χ1v) is 9.49. The molecule has 0 saturated heterocycles. The molecule has 0 aromatic carbocycles. The number of aliphatic hydroxyl groups is 1. The summed E-state index contributed by atoms with van der Waals surface area (Å²) in [5, 5.41) is 10.3. The highest BCUT2D eigenvalue weighted by atomic mass is 16.3. The largest absolute Gasteiger partial charge is 0.393 e. The van der Waals surface area contributed by atoms with Gasteiger partial charge >= 0.3 is 0 Å². The van der Waals surface area contributed by atoms with Gasteiger partial charge in [-0.2, -0.15) is 0 Å². The van der Waals surface area contributed by atoms with Gasteiger partial charge in [-0.15, -0.1) is 0 Å². The van der Waals surface area contributed by atoms with E-state index in [0.717, 1.165) is 25.2 Å². The summed E-state index contributed by atoms with van der Waals surface area (Å²) in [6, 6.07) is 0. The summed E-state index contributed by atoms with van der Waals surface area (Å²) in [5.41, 5.74) is 3.44. The quantitative estimate of drug-likeness (QED) is 0.727. The van der Waals surface area contributed by atoms with Crippen molar-refractivity contribution < 1.29 is 9.90 Å². The van der Waals surface area contributed by atoms with E-state index in [4.69, 9.17) is 0 Å². The molecule has 0 radical (unpaired) electrons. The van der Waals surface area contributed by atoms with Crippen LogP contribution in [0.3, 0.4) is 0 Å². The summed E-state index contributed by atoms with van der Waals surface area (Å²) in [7, 11) is 0.